The van der Waals surface area contributed by atoms with Crippen LogP contribution in [-0.4, -0.2) is 27.4 Å². The summed E-state index contributed by atoms with van der Waals surface area (Å²) in [5.41, 5.74) is 0. The molecule has 1 aromatic rings. The lowest BCUT2D eigenvalue weighted by Gasteiger charge is -2.16. The van der Waals surface area contributed by atoms with Gasteiger partial charge in [-0.25, -0.2) is 0 Å². The van der Waals surface area contributed by atoms with Crippen molar-refractivity contribution >= 4 is 17.4 Å². The zero-order chi connectivity index (χ0) is 9.97. The molecule has 1 heterocycles. The third kappa shape index (κ3) is 2.13. The lowest BCUT2D eigenvalue weighted by Crippen LogP contribution is -2.28. The van der Waals surface area contributed by atoms with Crippen LogP contribution in [-0.2, 0) is 0 Å². The van der Waals surface area contributed by atoms with E-state index in [1.54, 1.807) is 12.1 Å². The van der Waals surface area contributed by atoms with Gasteiger partial charge in [0.2, 0.25) is 0 Å². The zero-order valence-corrected chi connectivity index (χ0v) is 8.41. The maximum atomic E-state index is 9.57. The van der Waals surface area contributed by atoms with Crippen molar-refractivity contribution in [2.75, 3.05) is 5.32 Å². The minimum Gasteiger partial charge on any atom is -0.391 e. The Hall–Kier alpha value is -0.870. The Morgan fingerprint density at radius 2 is 2.21 bits per heavy atom. The summed E-state index contributed by atoms with van der Waals surface area (Å²) >= 11 is 5.61. The molecule has 0 aromatic carbocycles. The molecule has 2 unspecified atom stereocenters. The van der Waals surface area contributed by atoms with Crippen molar-refractivity contribution in [3.05, 3.63) is 17.3 Å². The van der Waals surface area contributed by atoms with Crippen molar-refractivity contribution in [2.24, 2.45) is 0 Å². The van der Waals surface area contributed by atoms with E-state index < -0.39 is 0 Å². The topological polar surface area (TPSA) is 58.0 Å². The van der Waals surface area contributed by atoms with Gasteiger partial charge in [0.25, 0.3) is 0 Å². The largest absolute Gasteiger partial charge is 0.391 e. The molecule has 0 spiro atoms. The van der Waals surface area contributed by atoms with Gasteiger partial charge in [0.15, 0.2) is 5.15 Å². The number of nitrogens with zero attached hydrogens (tertiary/aromatic N) is 2. The Balaban J connectivity index is 2.00. The Morgan fingerprint density at radius 3 is 2.79 bits per heavy atom. The highest BCUT2D eigenvalue weighted by molar-refractivity contribution is 6.29. The molecule has 1 aliphatic carbocycles. The Bertz CT molecular complexity index is 303. The molecule has 0 saturated heterocycles. The van der Waals surface area contributed by atoms with Crippen LogP contribution in [0.15, 0.2) is 12.1 Å². The van der Waals surface area contributed by atoms with Gasteiger partial charge in [0.1, 0.15) is 5.82 Å². The molecule has 0 amide bonds. The van der Waals surface area contributed by atoms with E-state index in [0.29, 0.717) is 11.0 Å². The maximum Gasteiger partial charge on any atom is 0.151 e. The number of halogens is 1. The molecule has 1 fully saturated rings. The summed E-state index contributed by atoms with van der Waals surface area (Å²) in [5, 5.41) is 20.7. The summed E-state index contributed by atoms with van der Waals surface area (Å²) in [4.78, 5) is 0. The molecule has 0 radical (unpaired) electrons. The van der Waals surface area contributed by atoms with E-state index in [0.717, 1.165) is 19.3 Å². The fourth-order valence-corrected chi connectivity index (χ4v) is 1.79. The van der Waals surface area contributed by atoms with E-state index in [1.807, 2.05) is 0 Å². The maximum absolute atomic E-state index is 9.57. The summed E-state index contributed by atoms with van der Waals surface area (Å²) in [6.07, 6.45) is 2.62. The van der Waals surface area contributed by atoms with E-state index in [2.05, 4.69) is 15.5 Å². The molecule has 0 bridgehead atoms. The summed E-state index contributed by atoms with van der Waals surface area (Å²) in [6, 6.07) is 3.55. The SMILES string of the molecule is OC1CCCC1Nc1ccc(Cl)nn1. The average molecular weight is 214 g/mol. The molecule has 4 nitrogen and oxygen atoms in total. The van der Waals surface area contributed by atoms with Gasteiger partial charge in [0.05, 0.1) is 12.1 Å². The van der Waals surface area contributed by atoms with Crippen LogP contribution < -0.4 is 5.32 Å². The normalized spacial score (nSPS) is 26.4. The van der Waals surface area contributed by atoms with Crippen molar-refractivity contribution in [2.45, 2.75) is 31.4 Å². The van der Waals surface area contributed by atoms with Crippen molar-refractivity contribution in [3.63, 3.8) is 0 Å². The minimum absolute atomic E-state index is 0.102. The number of anilines is 1. The fraction of sp³-hybridized carbons (Fsp3) is 0.556. The Kier molecular flexibility index (Phi) is 2.84. The molecule has 1 aromatic heterocycles. The lowest BCUT2D eigenvalue weighted by molar-refractivity contribution is 0.171. The van der Waals surface area contributed by atoms with Crippen LogP contribution in [0, 0.1) is 0 Å². The third-order valence-electron chi connectivity index (χ3n) is 2.44. The fourth-order valence-electron chi connectivity index (χ4n) is 1.69. The molecule has 1 aliphatic rings. The molecule has 76 valence electrons. The molecule has 2 rings (SSSR count). The molecule has 2 N–H and O–H groups in total. The van der Waals surface area contributed by atoms with Crippen molar-refractivity contribution in [1.82, 2.24) is 10.2 Å². The summed E-state index contributed by atoms with van der Waals surface area (Å²) < 4.78 is 0. The van der Waals surface area contributed by atoms with Gasteiger partial charge in [-0.3, -0.25) is 0 Å². The number of aromatic nitrogens is 2. The van der Waals surface area contributed by atoms with Crippen LogP contribution in [0.4, 0.5) is 5.82 Å². The van der Waals surface area contributed by atoms with Crippen LogP contribution in [0.3, 0.4) is 0 Å². The van der Waals surface area contributed by atoms with Gasteiger partial charge in [-0.15, -0.1) is 10.2 Å². The minimum atomic E-state index is -0.271. The Morgan fingerprint density at radius 1 is 1.36 bits per heavy atom. The number of hydrogen-bond acceptors (Lipinski definition) is 4. The Labute approximate surface area is 87.3 Å². The number of hydrogen-bond donors (Lipinski definition) is 2. The summed E-state index contributed by atoms with van der Waals surface area (Å²) in [7, 11) is 0. The number of aliphatic hydroxyl groups excluding tert-OH is 1. The summed E-state index contributed by atoms with van der Waals surface area (Å²) in [6.45, 7) is 0. The second kappa shape index (κ2) is 4.11. The molecular formula is C9H12ClN3O. The molecule has 2 atom stereocenters. The van der Waals surface area contributed by atoms with Gasteiger partial charge in [0, 0.05) is 0 Å². The van der Waals surface area contributed by atoms with Gasteiger partial charge >= 0.3 is 0 Å². The van der Waals surface area contributed by atoms with Gasteiger partial charge < -0.3 is 10.4 Å². The second-order valence-electron chi connectivity index (χ2n) is 3.49. The predicted octanol–water partition coefficient (Wildman–Crippen LogP) is 1.46. The van der Waals surface area contributed by atoms with Crippen LogP contribution in [0.2, 0.25) is 5.15 Å². The van der Waals surface area contributed by atoms with Gasteiger partial charge in [-0.05, 0) is 31.4 Å². The third-order valence-corrected chi connectivity index (χ3v) is 2.65. The van der Waals surface area contributed by atoms with Crippen molar-refractivity contribution < 1.29 is 5.11 Å². The first kappa shape index (κ1) is 9.68. The highest BCUT2D eigenvalue weighted by Gasteiger charge is 2.25. The first-order chi connectivity index (χ1) is 6.75. The lowest BCUT2D eigenvalue weighted by atomic mass is 10.2. The molecule has 14 heavy (non-hydrogen) atoms. The van der Waals surface area contributed by atoms with Crippen molar-refractivity contribution in [3.8, 4) is 0 Å². The monoisotopic (exact) mass is 213 g/mol. The second-order valence-corrected chi connectivity index (χ2v) is 3.88. The van der Waals surface area contributed by atoms with E-state index in [1.165, 1.54) is 0 Å². The molecule has 1 saturated carbocycles. The number of rotatable bonds is 2. The highest BCUT2D eigenvalue weighted by atomic mass is 35.5. The zero-order valence-electron chi connectivity index (χ0n) is 7.65. The van der Waals surface area contributed by atoms with Crippen molar-refractivity contribution in [1.29, 1.82) is 0 Å². The molecule has 0 aliphatic heterocycles. The van der Waals surface area contributed by atoms with E-state index in [9.17, 15) is 5.11 Å². The van der Waals surface area contributed by atoms with E-state index in [-0.39, 0.29) is 12.1 Å². The highest BCUT2D eigenvalue weighted by Crippen LogP contribution is 2.22. The quantitative estimate of drug-likeness (QED) is 0.781. The van der Waals surface area contributed by atoms with Crippen LogP contribution in [0.5, 0.6) is 0 Å². The molecular weight excluding hydrogens is 202 g/mol. The average Bonchev–Trinajstić information content (AvgIpc) is 2.56. The van der Waals surface area contributed by atoms with Crippen LogP contribution in [0.25, 0.3) is 0 Å². The number of aliphatic hydroxyl groups is 1. The summed E-state index contributed by atoms with van der Waals surface area (Å²) in [5.74, 6) is 0.667. The smallest absolute Gasteiger partial charge is 0.151 e. The van der Waals surface area contributed by atoms with Gasteiger partial charge in [-0.2, -0.15) is 0 Å². The van der Waals surface area contributed by atoms with Crippen LogP contribution in [0.1, 0.15) is 19.3 Å². The van der Waals surface area contributed by atoms with Crippen LogP contribution >= 0.6 is 11.6 Å². The van der Waals surface area contributed by atoms with E-state index in [4.69, 9.17) is 11.6 Å². The first-order valence-corrected chi connectivity index (χ1v) is 5.07. The van der Waals surface area contributed by atoms with E-state index >= 15 is 0 Å². The number of nitrogens with one attached hydrogen (secondary N) is 1. The predicted molar refractivity (Wildman–Crippen MR) is 54.3 cm³/mol. The standard InChI is InChI=1S/C9H12ClN3O/c10-8-4-5-9(13-12-8)11-6-2-1-3-7(6)14/h4-7,14H,1-3H2,(H,11,13). The van der Waals surface area contributed by atoms with Gasteiger partial charge in [-0.1, -0.05) is 11.6 Å². The first-order valence-electron chi connectivity index (χ1n) is 4.69. The molecule has 5 heteroatoms.